The molecular formula is C18H25N3O3S. The average Bonchev–Trinajstić information content (AvgIpc) is 2.76. The zero-order chi connectivity index (χ0) is 18.0. The fourth-order valence-corrected chi connectivity index (χ4v) is 4.58. The van der Waals surface area contributed by atoms with E-state index in [0.29, 0.717) is 5.56 Å². The molecule has 0 unspecified atom stereocenters. The smallest absolute Gasteiger partial charge is 0.263 e. The lowest BCUT2D eigenvalue weighted by atomic mass is 10.0. The average molecular weight is 363 g/mol. The summed E-state index contributed by atoms with van der Waals surface area (Å²) >= 11 is 0. The van der Waals surface area contributed by atoms with Crippen molar-refractivity contribution in [3.8, 4) is 0 Å². The number of hydrogen-bond acceptors (Lipinski definition) is 4. The number of rotatable bonds is 3. The fourth-order valence-electron chi connectivity index (χ4n) is 3.34. The molecule has 0 aromatic heterocycles. The van der Waals surface area contributed by atoms with Crippen molar-refractivity contribution in [1.82, 2.24) is 9.62 Å². The number of nitrogens with one attached hydrogen (secondary N) is 1. The zero-order valence-electron chi connectivity index (χ0n) is 14.7. The van der Waals surface area contributed by atoms with E-state index >= 15 is 0 Å². The Balaban J connectivity index is 1.92. The number of likely N-dealkylation sites (tertiary alicyclic amines) is 1. The highest BCUT2D eigenvalue weighted by atomic mass is 32.2. The third kappa shape index (κ3) is 3.71. The standard InChI is InChI=1S/C18H25N3O3S/c1-13(2)16(18(22)21-11-7-3-4-8-12-21)19-17-14-9-5-6-10-15(14)25(23,24)20-17/h5-6,9-10,13,16H,3-4,7-8,11-12H2,1-2H3,(H,19,20)/t16-/m1/s1. The third-order valence-corrected chi connectivity index (χ3v) is 6.13. The summed E-state index contributed by atoms with van der Waals surface area (Å²) < 4.78 is 27.0. The molecule has 0 aliphatic carbocycles. The molecule has 0 bridgehead atoms. The summed E-state index contributed by atoms with van der Waals surface area (Å²) in [6.07, 6.45) is 4.33. The predicted octanol–water partition coefficient (Wildman–Crippen LogP) is 2.15. The Kier molecular flexibility index (Phi) is 5.13. The molecule has 1 atom stereocenters. The first-order chi connectivity index (χ1) is 11.9. The van der Waals surface area contributed by atoms with Gasteiger partial charge in [-0.3, -0.25) is 14.5 Å². The monoisotopic (exact) mass is 363 g/mol. The van der Waals surface area contributed by atoms with Crippen molar-refractivity contribution in [2.45, 2.75) is 50.5 Å². The lowest BCUT2D eigenvalue weighted by Crippen LogP contribution is -2.42. The normalized spacial score (nSPS) is 22.4. The van der Waals surface area contributed by atoms with E-state index in [1.54, 1.807) is 24.3 Å². The van der Waals surface area contributed by atoms with E-state index < -0.39 is 16.1 Å². The SMILES string of the molecule is CC(C)[C@@H](N=C1NS(=O)(=O)c2ccccc21)C(=O)N1CCCCCC1. The number of hydrogen-bond donors (Lipinski definition) is 1. The van der Waals surface area contributed by atoms with E-state index in [0.717, 1.165) is 38.8 Å². The molecule has 25 heavy (non-hydrogen) atoms. The minimum Gasteiger partial charge on any atom is -0.341 e. The first-order valence-corrected chi connectivity index (χ1v) is 10.4. The minimum atomic E-state index is -3.59. The molecule has 2 aliphatic rings. The Bertz CT molecular complexity index is 779. The predicted molar refractivity (Wildman–Crippen MR) is 97.0 cm³/mol. The van der Waals surface area contributed by atoms with Crippen LogP contribution < -0.4 is 4.72 Å². The summed E-state index contributed by atoms with van der Waals surface area (Å²) in [5, 5.41) is 0. The number of carbonyl (C=O) groups is 1. The van der Waals surface area contributed by atoms with Gasteiger partial charge >= 0.3 is 0 Å². The van der Waals surface area contributed by atoms with Gasteiger partial charge in [0.25, 0.3) is 10.0 Å². The molecule has 2 aliphatic heterocycles. The van der Waals surface area contributed by atoms with Crippen molar-refractivity contribution >= 4 is 21.8 Å². The van der Waals surface area contributed by atoms with Gasteiger partial charge in [-0.25, -0.2) is 8.42 Å². The number of carbonyl (C=O) groups excluding carboxylic acids is 1. The van der Waals surface area contributed by atoms with Gasteiger partial charge in [0.05, 0.1) is 4.90 Å². The van der Waals surface area contributed by atoms with Crippen LogP contribution in [0.1, 0.15) is 45.1 Å². The van der Waals surface area contributed by atoms with Crippen LogP contribution in [0.2, 0.25) is 0 Å². The Morgan fingerprint density at radius 2 is 1.76 bits per heavy atom. The maximum atomic E-state index is 13.0. The van der Waals surface area contributed by atoms with Crippen molar-refractivity contribution in [2.24, 2.45) is 10.9 Å². The summed E-state index contributed by atoms with van der Waals surface area (Å²) in [5.41, 5.74) is 0.539. The molecule has 0 saturated carbocycles. The molecule has 3 rings (SSSR count). The Hall–Kier alpha value is -1.89. The molecule has 7 heteroatoms. The molecule has 1 aromatic carbocycles. The molecule has 136 valence electrons. The summed E-state index contributed by atoms with van der Waals surface area (Å²) in [5.74, 6) is 0.256. The lowest BCUT2D eigenvalue weighted by molar-refractivity contribution is -0.133. The summed E-state index contributed by atoms with van der Waals surface area (Å²) in [6, 6.07) is 6.16. The van der Waals surface area contributed by atoms with Crippen molar-refractivity contribution in [2.75, 3.05) is 13.1 Å². The fraction of sp³-hybridized carbons (Fsp3) is 0.556. The van der Waals surface area contributed by atoms with E-state index in [-0.39, 0.29) is 22.6 Å². The topological polar surface area (TPSA) is 78.8 Å². The molecule has 1 amide bonds. The zero-order valence-corrected chi connectivity index (χ0v) is 15.6. The van der Waals surface area contributed by atoms with Gasteiger partial charge in [-0.1, -0.05) is 38.8 Å². The molecule has 1 fully saturated rings. The molecule has 6 nitrogen and oxygen atoms in total. The molecule has 2 heterocycles. The van der Waals surface area contributed by atoms with Gasteiger partial charge in [-0.15, -0.1) is 0 Å². The number of amides is 1. The lowest BCUT2D eigenvalue weighted by Gasteiger charge is -2.26. The second-order valence-electron chi connectivity index (χ2n) is 7.01. The third-order valence-electron chi connectivity index (χ3n) is 4.73. The van der Waals surface area contributed by atoms with Crippen LogP contribution in [0.15, 0.2) is 34.2 Å². The van der Waals surface area contributed by atoms with Gasteiger partial charge in [0.1, 0.15) is 11.9 Å². The number of sulfonamides is 1. The van der Waals surface area contributed by atoms with Crippen LogP contribution in [0.3, 0.4) is 0 Å². The van der Waals surface area contributed by atoms with Crippen LogP contribution in [-0.2, 0) is 14.8 Å². The van der Waals surface area contributed by atoms with Gasteiger partial charge in [0, 0.05) is 18.7 Å². The van der Waals surface area contributed by atoms with E-state index in [2.05, 4.69) is 9.71 Å². The highest BCUT2D eigenvalue weighted by Crippen LogP contribution is 2.24. The second kappa shape index (κ2) is 7.15. The maximum Gasteiger partial charge on any atom is 0.263 e. The number of amidine groups is 1. The number of nitrogens with zero attached hydrogens (tertiary/aromatic N) is 2. The Morgan fingerprint density at radius 3 is 2.40 bits per heavy atom. The molecule has 1 aromatic rings. The maximum absolute atomic E-state index is 13.0. The van der Waals surface area contributed by atoms with Gasteiger partial charge in [0.15, 0.2) is 0 Å². The van der Waals surface area contributed by atoms with E-state index in [9.17, 15) is 13.2 Å². The summed E-state index contributed by atoms with van der Waals surface area (Å²) in [6.45, 7) is 5.41. The number of fused-ring (bicyclic) bond motifs is 1. The van der Waals surface area contributed by atoms with Crippen LogP contribution >= 0.6 is 0 Å². The molecule has 0 radical (unpaired) electrons. The first kappa shape index (κ1) is 17.9. The van der Waals surface area contributed by atoms with Crippen molar-refractivity contribution < 1.29 is 13.2 Å². The van der Waals surface area contributed by atoms with E-state index in [1.165, 1.54) is 0 Å². The molecule has 1 saturated heterocycles. The second-order valence-corrected chi connectivity index (χ2v) is 8.66. The van der Waals surface area contributed by atoms with Crippen molar-refractivity contribution in [3.63, 3.8) is 0 Å². The first-order valence-electron chi connectivity index (χ1n) is 8.89. The van der Waals surface area contributed by atoms with Crippen molar-refractivity contribution in [1.29, 1.82) is 0 Å². The van der Waals surface area contributed by atoms with Gasteiger partial charge in [-0.2, -0.15) is 0 Å². The Morgan fingerprint density at radius 1 is 1.12 bits per heavy atom. The molecule has 0 spiro atoms. The molecular weight excluding hydrogens is 338 g/mol. The van der Waals surface area contributed by atoms with E-state index in [1.807, 2.05) is 18.7 Å². The van der Waals surface area contributed by atoms with Crippen LogP contribution in [0.25, 0.3) is 0 Å². The van der Waals surface area contributed by atoms with Crippen LogP contribution in [0, 0.1) is 5.92 Å². The number of benzene rings is 1. The van der Waals surface area contributed by atoms with Crippen LogP contribution in [0.4, 0.5) is 0 Å². The Labute approximate surface area is 149 Å². The summed E-state index contributed by atoms with van der Waals surface area (Å²) in [4.78, 5) is 19.7. The highest BCUT2D eigenvalue weighted by molar-refractivity contribution is 7.90. The largest absolute Gasteiger partial charge is 0.341 e. The van der Waals surface area contributed by atoms with Crippen LogP contribution in [0.5, 0.6) is 0 Å². The van der Waals surface area contributed by atoms with Crippen molar-refractivity contribution in [3.05, 3.63) is 29.8 Å². The van der Waals surface area contributed by atoms with Crippen LogP contribution in [-0.4, -0.2) is 44.2 Å². The molecule has 1 N–H and O–H groups in total. The minimum absolute atomic E-state index is 0.00650. The number of aliphatic imine (C=N–C) groups is 1. The van der Waals surface area contributed by atoms with Gasteiger partial charge in [-0.05, 0) is 30.9 Å². The highest BCUT2D eigenvalue weighted by Gasteiger charge is 2.33. The van der Waals surface area contributed by atoms with Gasteiger partial charge < -0.3 is 4.90 Å². The quantitative estimate of drug-likeness (QED) is 0.894. The van der Waals surface area contributed by atoms with E-state index in [4.69, 9.17) is 0 Å². The van der Waals surface area contributed by atoms with Gasteiger partial charge in [0.2, 0.25) is 5.91 Å². The summed E-state index contributed by atoms with van der Waals surface area (Å²) in [7, 11) is -3.59.